The highest BCUT2D eigenvalue weighted by molar-refractivity contribution is 6.90. The van der Waals surface area contributed by atoms with Crippen molar-refractivity contribution in [2.45, 2.75) is 72.3 Å². The highest BCUT2D eigenvalue weighted by atomic mass is 35.5. The number of anilines is 2. The number of hydrogen-bond acceptors (Lipinski definition) is 2. The van der Waals surface area contributed by atoms with Gasteiger partial charge in [0.05, 0.1) is 13.8 Å². The van der Waals surface area contributed by atoms with Gasteiger partial charge in [-0.3, -0.25) is 0 Å². The number of benzene rings is 1. The molecule has 3 nitrogen and oxygen atoms in total. The van der Waals surface area contributed by atoms with Crippen molar-refractivity contribution >= 4 is 48.0 Å². The van der Waals surface area contributed by atoms with Gasteiger partial charge in [0.25, 0.3) is 0 Å². The maximum absolute atomic E-state index is 6.30. The molecule has 0 atom stereocenters. The van der Waals surface area contributed by atoms with E-state index in [2.05, 4.69) is 82.6 Å². The third-order valence-electron chi connectivity index (χ3n) is 3.93. The van der Waals surface area contributed by atoms with Crippen molar-refractivity contribution in [3.63, 3.8) is 0 Å². The molecule has 27 heavy (non-hydrogen) atoms. The van der Waals surface area contributed by atoms with Crippen LogP contribution in [-0.4, -0.2) is 23.7 Å². The molecular formula is C21H33Cl2N3Si. The number of halogens is 2. The van der Waals surface area contributed by atoms with E-state index < -0.39 is 8.07 Å². The normalized spacial score (nSPS) is 13.0. The fourth-order valence-electron chi connectivity index (χ4n) is 2.94. The van der Waals surface area contributed by atoms with E-state index >= 15 is 0 Å². The smallest absolute Gasteiger partial charge is 0.134 e. The molecule has 0 spiro atoms. The summed E-state index contributed by atoms with van der Waals surface area (Å²) in [5.74, 6) is 1.05. The van der Waals surface area contributed by atoms with Crippen LogP contribution in [0.1, 0.15) is 41.5 Å². The Bertz CT molecular complexity index is 801. The first-order chi connectivity index (χ1) is 12.1. The van der Waals surface area contributed by atoms with E-state index in [0.29, 0.717) is 10.0 Å². The predicted molar refractivity (Wildman–Crippen MR) is 126 cm³/mol. The van der Waals surface area contributed by atoms with E-state index in [9.17, 15) is 0 Å². The lowest BCUT2D eigenvalue weighted by molar-refractivity contribution is 0.620. The molecule has 0 aliphatic carbocycles. The molecule has 0 saturated carbocycles. The second kappa shape index (κ2) is 7.38. The zero-order valence-electron chi connectivity index (χ0n) is 18.0. The number of nitrogens with zero attached hydrogens (tertiary/aromatic N) is 1. The Morgan fingerprint density at radius 2 is 1.30 bits per heavy atom. The van der Waals surface area contributed by atoms with Gasteiger partial charge in [-0.1, -0.05) is 42.8 Å². The van der Waals surface area contributed by atoms with Crippen molar-refractivity contribution in [2.24, 2.45) is 0 Å². The molecule has 1 heterocycles. The summed E-state index contributed by atoms with van der Waals surface area (Å²) in [7, 11) is -1.61. The quantitative estimate of drug-likeness (QED) is 0.530. The standard InChI is InChI=1S/C21H33Cl2N3Si/c1-20(2,3)24-18-17(27(7,8)9)13-26(19(18)25-21(4,5)6)16-11-14(22)10-15(23)12-16/h10-13,24-25H,1-9H3. The summed E-state index contributed by atoms with van der Waals surface area (Å²) in [6, 6.07) is 5.67. The van der Waals surface area contributed by atoms with Crippen LogP contribution >= 0.6 is 23.2 Å². The van der Waals surface area contributed by atoms with Crippen molar-refractivity contribution in [2.75, 3.05) is 10.6 Å². The molecule has 1 aromatic heterocycles. The minimum Gasteiger partial charge on any atom is -0.378 e. The zero-order chi connectivity index (χ0) is 20.8. The van der Waals surface area contributed by atoms with Crippen LogP contribution in [0.25, 0.3) is 5.69 Å². The number of aromatic nitrogens is 1. The van der Waals surface area contributed by atoms with Crippen LogP contribution in [0.2, 0.25) is 29.7 Å². The fourth-order valence-corrected chi connectivity index (χ4v) is 4.90. The Morgan fingerprint density at radius 1 is 0.815 bits per heavy atom. The minimum atomic E-state index is -1.61. The van der Waals surface area contributed by atoms with Crippen LogP contribution in [0.4, 0.5) is 11.5 Å². The largest absolute Gasteiger partial charge is 0.378 e. The van der Waals surface area contributed by atoms with Gasteiger partial charge >= 0.3 is 0 Å². The second-order valence-electron chi connectivity index (χ2n) is 10.3. The molecule has 2 rings (SSSR count). The predicted octanol–water partition coefficient (Wildman–Crippen LogP) is 6.75. The van der Waals surface area contributed by atoms with Crippen LogP contribution in [0.3, 0.4) is 0 Å². The van der Waals surface area contributed by atoms with Crippen LogP contribution < -0.4 is 15.8 Å². The summed E-state index contributed by atoms with van der Waals surface area (Å²) >= 11 is 12.6. The zero-order valence-corrected chi connectivity index (χ0v) is 20.5. The number of rotatable bonds is 4. The fraction of sp³-hybridized carbons (Fsp3) is 0.524. The Kier molecular flexibility index (Phi) is 6.06. The minimum absolute atomic E-state index is 0.0547. The van der Waals surface area contributed by atoms with Gasteiger partial charge in [0.1, 0.15) is 5.82 Å². The third kappa shape index (κ3) is 5.93. The molecule has 0 saturated heterocycles. The lowest BCUT2D eigenvalue weighted by Crippen LogP contribution is -2.41. The Balaban J connectivity index is 2.82. The number of nitrogens with one attached hydrogen (secondary N) is 2. The van der Waals surface area contributed by atoms with Crippen LogP contribution in [-0.2, 0) is 0 Å². The van der Waals surface area contributed by atoms with Gasteiger partial charge in [0.15, 0.2) is 0 Å². The summed E-state index contributed by atoms with van der Waals surface area (Å²) in [5, 5.41) is 10.1. The van der Waals surface area contributed by atoms with Crippen LogP contribution in [0.15, 0.2) is 24.4 Å². The summed E-state index contributed by atoms with van der Waals surface area (Å²) < 4.78 is 2.19. The van der Waals surface area contributed by atoms with E-state index in [1.165, 1.54) is 10.9 Å². The number of hydrogen-bond donors (Lipinski definition) is 2. The third-order valence-corrected chi connectivity index (χ3v) is 6.36. The highest BCUT2D eigenvalue weighted by Gasteiger charge is 2.30. The topological polar surface area (TPSA) is 29.0 Å². The molecule has 0 amide bonds. The summed E-state index contributed by atoms with van der Waals surface area (Å²) in [6.45, 7) is 20.2. The van der Waals surface area contributed by atoms with Gasteiger partial charge < -0.3 is 15.2 Å². The van der Waals surface area contributed by atoms with Crippen LogP contribution in [0.5, 0.6) is 0 Å². The molecule has 2 aromatic rings. The van der Waals surface area contributed by atoms with E-state index in [4.69, 9.17) is 23.2 Å². The Hall–Kier alpha value is -1.10. The van der Waals surface area contributed by atoms with Crippen molar-refractivity contribution in [1.82, 2.24) is 4.57 Å². The lowest BCUT2D eigenvalue weighted by atomic mass is 10.1. The van der Waals surface area contributed by atoms with Gasteiger partial charge in [-0.15, -0.1) is 0 Å². The van der Waals surface area contributed by atoms with E-state index in [-0.39, 0.29) is 11.1 Å². The molecule has 0 aliphatic rings. The van der Waals surface area contributed by atoms with E-state index in [1.54, 1.807) is 6.07 Å². The van der Waals surface area contributed by atoms with Crippen molar-refractivity contribution < 1.29 is 0 Å². The lowest BCUT2D eigenvalue weighted by Gasteiger charge is -2.30. The van der Waals surface area contributed by atoms with Gasteiger partial charge in [-0.2, -0.15) is 0 Å². The summed E-state index contributed by atoms with van der Waals surface area (Å²) in [5.41, 5.74) is 1.98. The van der Waals surface area contributed by atoms with Gasteiger partial charge in [-0.05, 0) is 64.9 Å². The first-order valence-corrected chi connectivity index (χ1v) is 13.6. The maximum Gasteiger partial charge on any atom is 0.134 e. The highest BCUT2D eigenvalue weighted by Crippen LogP contribution is 2.34. The SMILES string of the molecule is CC(C)(C)Nc1c([Si](C)(C)C)cn(-c2cc(Cl)cc(Cl)c2)c1NC(C)(C)C. The molecule has 2 N–H and O–H groups in total. The molecule has 0 fully saturated rings. The van der Waals surface area contributed by atoms with E-state index in [0.717, 1.165) is 11.5 Å². The average Bonchev–Trinajstić information content (AvgIpc) is 2.72. The molecular weight excluding hydrogens is 393 g/mol. The van der Waals surface area contributed by atoms with Gasteiger partial charge in [0, 0.05) is 33.0 Å². The van der Waals surface area contributed by atoms with Crippen molar-refractivity contribution in [1.29, 1.82) is 0 Å². The molecule has 150 valence electrons. The molecule has 0 unspecified atom stereocenters. The summed E-state index contributed by atoms with van der Waals surface area (Å²) in [4.78, 5) is 0. The molecule has 6 heteroatoms. The first kappa shape index (κ1) is 22.2. The molecule has 1 aromatic carbocycles. The molecule has 0 bridgehead atoms. The first-order valence-electron chi connectivity index (χ1n) is 9.35. The van der Waals surface area contributed by atoms with Gasteiger partial charge in [-0.25, -0.2) is 0 Å². The summed E-state index contributed by atoms with van der Waals surface area (Å²) in [6.07, 6.45) is 2.25. The van der Waals surface area contributed by atoms with Crippen LogP contribution in [0, 0.1) is 0 Å². The average molecular weight is 427 g/mol. The molecule has 0 aliphatic heterocycles. The maximum atomic E-state index is 6.30. The second-order valence-corrected chi connectivity index (χ2v) is 16.2. The van der Waals surface area contributed by atoms with Gasteiger partial charge in [0.2, 0.25) is 0 Å². The van der Waals surface area contributed by atoms with Crippen molar-refractivity contribution in [3.05, 3.63) is 34.4 Å². The Labute approximate surface area is 175 Å². The van der Waals surface area contributed by atoms with E-state index in [1.807, 2.05) is 12.1 Å². The Morgan fingerprint density at radius 3 is 1.70 bits per heavy atom. The monoisotopic (exact) mass is 425 g/mol. The van der Waals surface area contributed by atoms with Crippen molar-refractivity contribution in [3.8, 4) is 5.69 Å². The molecule has 0 radical (unpaired) electrons.